The first kappa shape index (κ1) is 12.1. The summed E-state index contributed by atoms with van der Waals surface area (Å²) in [7, 11) is 0. The molecule has 0 saturated carbocycles. The second kappa shape index (κ2) is 5.82. The van der Waals surface area contributed by atoms with E-state index in [0.717, 1.165) is 11.3 Å². The molecule has 0 bridgehead atoms. The monoisotopic (exact) mass is 242 g/mol. The van der Waals surface area contributed by atoms with Crippen LogP contribution < -0.4 is 5.32 Å². The molecule has 0 saturated heterocycles. The van der Waals surface area contributed by atoms with Gasteiger partial charge in [0, 0.05) is 12.3 Å². The van der Waals surface area contributed by atoms with Crippen molar-refractivity contribution >= 4 is 12.0 Å². The summed E-state index contributed by atoms with van der Waals surface area (Å²) >= 11 is 0. The van der Waals surface area contributed by atoms with Crippen LogP contribution in [0.25, 0.3) is 6.08 Å². The van der Waals surface area contributed by atoms with Crippen molar-refractivity contribution in [1.82, 2.24) is 10.3 Å². The molecule has 4 nitrogen and oxygen atoms in total. The lowest BCUT2D eigenvalue weighted by Gasteiger charge is -2.04. The summed E-state index contributed by atoms with van der Waals surface area (Å²) in [4.78, 5) is 15.8. The van der Waals surface area contributed by atoms with Gasteiger partial charge in [0.15, 0.2) is 0 Å². The van der Waals surface area contributed by atoms with Crippen molar-refractivity contribution in [3.8, 4) is 0 Å². The lowest BCUT2D eigenvalue weighted by Crippen LogP contribution is -2.21. The fraction of sp³-hybridized carbons (Fsp3) is 0.143. The molecule has 0 unspecified atom stereocenters. The molecule has 0 aromatic carbocycles. The summed E-state index contributed by atoms with van der Waals surface area (Å²) in [5.74, 6) is 0.482. The highest BCUT2D eigenvalue weighted by atomic mass is 16.3. The molecular formula is C14H14N2O2. The van der Waals surface area contributed by atoms with Crippen molar-refractivity contribution < 1.29 is 9.21 Å². The van der Waals surface area contributed by atoms with E-state index in [4.69, 9.17) is 4.42 Å². The molecule has 2 rings (SSSR count). The van der Waals surface area contributed by atoms with E-state index in [1.807, 2.05) is 19.1 Å². The Bertz CT molecular complexity index is 545. The Morgan fingerprint density at radius 1 is 1.44 bits per heavy atom. The van der Waals surface area contributed by atoms with E-state index in [1.165, 1.54) is 6.08 Å². The second-order valence-corrected chi connectivity index (χ2v) is 3.83. The fourth-order valence-electron chi connectivity index (χ4n) is 1.48. The maximum atomic E-state index is 11.6. The van der Waals surface area contributed by atoms with Crippen LogP contribution in [0, 0.1) is 6.92 Å². The third-order valence-corrected chi connectivity index (χ3v) is 2.49. The number of pyridine rings is 1. The van der Waals surface area contributed by atoms with Crippen LogP contribution in [0.2, 0.25) is 0 Å². The molecule has 0 atom stereocenters. The van der Waals surface area contributed by atoms with Gasteiger partial charge < -0.3 is 9.73 Å². The molecular weight excluding hydrogens is 228 g/mol. The molecule has 0 spiro atoms. The van der Waals surface area contributed by atoms with Crippen molar-refractivity contribution in [2.24, 2.45) is 0 Å². The number of hydrogen-bond acceptors (Lipinski definition) is 3. The van der Waals surface area contributed by atoms with Crippen LogP contribution in [0.15, 0.2) is 47.2 Å². The van der Waals surface area contributed by atoms with Crippen LogP contribution >= 0.6 is 0 Å². The summed E-state index contributed by atoms with van der Waals surface area (Å²) in [5, 5.41) is 2.77. The van der Waals surface area contributed by atoms with Crippen LogP contribution in [0.4, 0.5) is 0 Å². The fourth-order valence-corrected chi connectivity index (χ4v) is 1.48. The topological polar surface area (TPSA) is 55.1 Å². The first-order valence-corrected chi connectivity index (χ1v) is 5.65. The maximum Gasteiger partial charge on any atom is 0.244 e. The molecule has 0 aliphatic heterocycles. The lowest BCUT2D eigenvalue weighted by molar-refractivity contribution is -0.116. The lowest BCUT2D eigenvalue weighted by atomic mass is 10.2. The zero-order chi connectivity index (χ0) is 12.8. The van der Waals surface area contributed by atoms with E-state index in [0.29, 0.717) is 12.3 Å². The van der Waals surface area contributed by atoms with E-state index in [-0.39, 0.29) is 5.91 Å². The predicted octanol–water partition coefficient (Wildman–Crippen LogP) is 2.31. The molecule has 2 aromatic rings. The van der Waals surface area contributed by atoms with Gasteiger partial charge in [0.05, 0.1) is 18.5 Å². The summed E-state index contributed by atoms with van der Waals surface area (Å²) in [5.41, 5.74) is 1.94. The van der Waals surface area contributed by atoms with Gasteiger partial charge in [0.25, 0.3) is 0 Å². The minimum Gasteiger partial charge on any atom is -0.465 e. The van der Waals surface area contributed by atoms with Crippen molar-refractivity contribution in [1.29, 1.82) is 0 Å². The van der Waals surface area contributed by atoms with Crippen LogP contribution in [-0.2, 0) is 11.3 Å². The number of aryl methyl sites for hydroxylation is 1. The molecule has 0 aliphatic rings. The van der Waals surface area contributed by atoms with E-state index in [2.05, 4.69) is 10.3 Å². The van der Waals surface area contributed by atoms with Gasteiger partial charge in [0.1, 0.15) is 5.76 Å². The summed E-state index contributed by atoms with van der Waals surface area (Å²) in [6, 6.07) is 7.39. The number of carbonyl (C=O) groups excluding carboxylic acids is 1. The number of rotatable bonds is 4. The number of hydrogen-bond donors (Lipinski definition) is 1. The van der Waals surface area contributed by atoms with Crippen molar-refractivity contribution in [3.63, 3.8) is 0 Å². The van der Waals surface area contributed by atoms with E-state index < -0.39 is 0 Å². The molecule has 1 N–H and O–H groups in total. The third-order valence-electron chi connectivity index (χ3n) is 2.49. The zero-order valence-electron chi connectivity index (χ0n) is 10.1. The van der Waals surface area contributed by atoms with Gasteiger partial charge in [-0.2, -0.15) is 0 Å². The number of carbonyl (C=O) groups is 1. The Balaban J connectivity index is 1.87. The molecule has 2 heterocycles. The number of nitrogens with zero attached hydrogens (tertiary/aromatic N) is 1. The molecule has 1 amide bonds. The SMILES string of the molecule is Cc1cccnc1CNC(=O)C=Cc1ccco1. The second-order valence-electron chi connectivity index (χ2n) is 3.83. The Hall–Kier alpha value is -2.36. The first-order chi connectivity index (χ1) is 8.75. The van der Waals surface area contributed by atoms with Crippen molar-refractivity contribution in [2.75, 3.05) is 0 Å². The minimum atomic E-state index is -0.170. The largest absolute Gasteiger partial charge is 0.465 e. The highest BCUT2D eigenvalue weighted by Crippen LogP contribution is 2.03. The minimum absolute atomic E-state index is 0.170. The summed E-state index contributed by atoms with van der Waals surface area (Å²) < 4.78 is 5.09. The zero-order valence-corrected chi connectivity index (χ0v) is 10.1. The Morgan fingerprint density at radius 2 is 2.33 bits per heavy atom. The Morgan fingerprint density at radius 3 is 3.06 bits per heavy atom. The molecule has 92 valence electrons. The van der Waals surface area contributed by atoms with Gasteiger partial charge in [-0.15, -0.1) is 0 Å². The number of aromatic nitrogens is 1. The van der Waals surface area contributed by atoms with Crippen LogP contribution in [-0.4, -0.2) is 10.9 Å². The van der Waals surface area contributed by atoms with Crippen molar-refractivity contribution in [2.45, 2.75) is 13.5 Å². The average molecular weight is 242 g/mol. The van der Waals surface area contributed by atoms with Gasteiger partial charge in [-0.1, -0.05) is 6.07 Å². The molecule has 0 radical (unpaired) electrons. The highest BCUT2D eigenvalue weighted by molar-refractivity contribution is 5.91. The third kappa shape index (κ3) is 3.31. The standard InChI is InChI=1S/C14H14N2O2/c1-11-4-2-8-15-13(11)10-16-14(17)7-6-12-5-3-9-18-12/h2-9H,10H2,1H3,(H,16,17). The van der Waals surface area contributed by atoms with Gasteiger partial charge in [-0.3, -0.25) is 9.78 Å². The van der Waals surface area contributed by atoms with E-state index >= 15 is 0 Å². The Labute approximate surface area is 105 Å². The van der Waals surface area contributed by atoms with Crippen molar-refractivity contribution in [3.05, 3.63) is 59.8 Å². The quantitative estimate of drug-likeness (QED) is 0.837. The highest BCUT2D eigenvalue weighted by Gasteiger charge is 2.00. The Kier molecular flexibility index (Phi) is 3.91. The van der Waals surface area contributed by atoms with Gasteiger partial charge >= 0.3 is 0 Å². The van der Waals surface area contributed by atoms with Crippen LogP contribution in [0.1, 0.15) is 17.0 Å². The molecule has 18 heavy (non-hydrogen) atoms. The molecule has 0 fully saturated rings. The maximum absolute atomic E-state index is 11.6. The molecule has 2 aromatic heterocycles. The summed E-state index contributed by atoms with van der Waals surface area (Å²) in [6.45, 7) is 2.39. The predicted molar refractivity (Wildman–Crippen MR) is 68.6 cm³/mol. The molecule has 0 aliphatic carbocycles. The number of nitrogens with one attached hydrogen (secondary N) is 1. The number of amides is 1. The van der Waals surface area contributed by atoms with E-state index in [9.17, 15) is 4.79 Å². The normalized spacial score (nSPS) is 10.7. The van der Waals surface area contributed by atoms with Crippen LogP contribution in [0.5, 0.6) is 0 Å². The van der Waals surface area contributed by atoms with Gasteiger partial charge in [0.2, 0.25) is 5.91 Å². The van der Waals surface area contributed by atoms with E-state index in [1.54, 1.807) is 30.7 Å². The van der Waals surface area contributed by atoms with Crippen LogP contribution in [0.3, 0.4) is 0 Å². The van der Waals surface area contributed by atoms with Gasteiger partial charge in [-0.25, -0.2) is 0 Å². The van der Waals surface area contributed by atoms with Gasteiger partial charge in [-0.05, 0) is 36.8 Å². The first-order valence-electron chi connectivity index (χ1n) is 5.65. The number of furan rings is 1. The molecule has 4 heteroatoms. The summed E-state index contributed by atoms with van der Waals surface area (Å²) in [6.07, 6.45) is 6.35. The average Bonchev–Trinajstić information content (AvgIpc) is 2.88. The smallest absolute Gasteiger partial charge is 0.244 e.